The van der Waals surface area contributed by atoms with Crippen molar-refractivity contribution < 1.29 is 0 Å². The van der Waals surface area contributed by atoms with Gasteiger partial charge >= 0.3 is 0 Å². The van der Waals surface area contributed by atoms with Crippen LogP contribution in [0.25, 0.3) is 48.9 Å². The molecule has 0 atom stereocenters. The van der Waals surface area contributed by atoms with Gasteiger partial charge in [-0.15, -0.1) is 45.3 Å². The van der Waals surface area contributed by atoms with E-state index >= 15 is 0 Å². The summed E-state index contributed by atoms with van der Waals surface area (Å²) in [4.78, 5) is 20.9. The second kappa shape index (κ2) is 6.74. The maximum atomic E-state index is 5.07. The van der Waals surface area contributed by atoms with Crippen molar-refractivity contribution in [1.29, 1.82) is 0 Å². The van der Waals surface area contributed by atoms with Gasteiger partial charge in [0.15, 0.2) is 9.66 Å². The van der Waals surface area contributed by atoms with Crippen LogP contribution in [-0.2, 0) is 0 Å². The lowest BCUT2D eigenvalue weighted by molar-refractivity contribution is 1.51. The zero-order chi connectivity index (χ0) is 23.0. The van der Waals surface area contributed by atoms with Crippen LogP contribution in [0.1, 0.15) is 0 Å². The molecule has 2 aliphatic heterocycles. The van der Waals surface area contributed by atoms with Crippen LogP contribution in [0.15, 0.2) is 35.0 Å². The molecule has 0 aromatic carbocycles. The van der Waals surface area contributed by atoms with Crippen molar-refractivity contribution in [2.45, 2.75) is 26.2 Å². The van der Waals surface area contributed by atoms with E-state index < -0.39 is 16.1 Å². The van der Waals surface area contributed by atoms with Gasteiger partial charge in [-0.1, -0.05) is 61.0 Å². The van der Waals surface area contributed by atoms with Crippen LogP contribution in [0.4, 0.5) is 0 Å². The van der Waals surface area contributed by atoms with Gasteiger partial charge in [0.2, 0.25) is 0 Å². The largest absolute Gasteiger partial charge is 0.222 e. The Kier molecular flexibility index (Phi) is 4.14. The Hall–Kier alpha value is -1.25. The Bertz CT molecular complexity index is 1630. The first-order chi connectivity index (χ1) is 16.3. The zero-order valence-corrected chi connectivity index (χ0v) is 25.7. The molecular formula is C24H18N2S6Si2. The van der Waals surface area contributed by atoms with Crippen molar-refractivity contribution in [2.24, 2.45) is 0 Å². The molecule has 0 aliphatic carbocycles. The standard InChI is InChI=1S/C24H18N2S6Si2/c1-33(2)13-5-7-27-17(13)19-15(33)9-11(29-19)21-25-23-24(31-21)26-22(32-23)12-10-16-20(30-12)18-14(6-8-28-18)34(16,3)4/h5-10H,1-4H3. The second-order valence-electron chi connectivity index (χ2n) is 9.93. The van der Waals surface area contributed by atoms with Crippen LogP contribution in [0, 0.1) is 0 Å². The Morgan fingerprint density at radius 1 is 0.559 bits per heavy atom. The smallest absolute Gasteiger partial charge is 0.155 e. The normalized spacial score (nSPS) is 16.7. The van der Waals surface area contributed by atoms with Gasteiger partial charge < -0.3 is 0 Å². The van der Waals surface area contributed by atoms with Crippen LogP contribution in [-0.4, -0.2) is 26.1 Å². The number of fused-ring (bicyclic) bond motifs is 7. The maximum Gasteiger partial charge on any atom is 0.155 e. The molecule has 0 radical (unpaired) electrons. The quantitative estimate of drug-likeness (QED) is 0.207. The van der Waals surface area contributed by atoms with E-state index in [1.165, 1.54) is 29.3 Å². The number of rotatable bonds is 2. The number of hydrogen-bond donors (Lipinski definition) is 0. The molecule has 0 saturated carbocycles. The molecule has 2 aliphatic rings. The highest BCUT2D eigenvalue weighted by Crippen LogP contribution is 2.46. The minimum absolute atomic E-state index is 1.08. The van der Waals surface area contributed by atoms with Crippen LogP contribution in [0.2, 0.25) is 26.2 Å². The molecule has 10 heteroatoms. The van der Waals surface area contributed by atoms with Crippen LogP contribution in [0.3, 0.4) is 0 Å². The summed E-state index contributed by atoms with van der Waals surface area (Å²) in [5.41, 5.74) is 0. The fraction of sp³-hybridized carbons (Fsp3) is 0.167. The Labute approximate surface area is 223 Å². The van der Waals surface area contributed by atoms with E-state index in [0.717, 1.165) is 19.7 Å². The molecular weight excluding hydrogens is 565 g/mol. The third-order valence-corrected chi connectivity index (χ3v) is 21.8. The molecule has 6 aromatic heterocycles. The van der Waals surface area contributed by atoms with Gasteiger partial charge in [-0.2, -0.15) is 0 Å². The molecule has 0 N–H and O–H groups in total. The molecule has 0 fully saturated rings. The molecule has 0 amide bonds. The fourth-order valence-electron chi connectivity index (χ4n) is 5.36. The molecule has 0 bridgehead atoms. The van der Waals surface area contributed by atoms with Crippen LogP contribution in [0.5, 0.6) is 0 Å². The lowest BCUT2D eigenvalue weighted by atomic mass is 10.4. The van der Waals surface area contributed by atoms with Crippen molar-refractivity contribution >= 4 is 115 Å². The SMILES string of the molecule is C[Si]1(C)c2ccsc2-c2sc(-c3nc4sc(-c5cc6c(s5)-c5sccc5[Si]6(C)C)nc4s3)cc21. The molecule has 0 unspecified atom stereocenters. The summed E-state index contributed by atoms with van der Waals surface area (Å²) in [6.07, 6.45) is 0. The predicted octanol–water partition coefficient (Wildman–Crippen LogP) is 6.94. The van der Waals surface area contributed by atoms with E-state index in [1.807, 2.05) is 45.3 Å². The van der Waals surface area contributed by atoms with Crippen LogP contribution >= 0.6 is 68.0 Å². The van der Waals surface area contributed by atoms with E-state index in [9.17, 15) is 0 Å². The minimum Gasteiger partial charge on any atom is -0.222 e. The first-order valence-electron chi connectivity index (χ1n) is 11.1. The Morgan fingerprint density at radius 3 is 1.44 bits per heavy atom. The summed E-state index contributed by atoms with van der Waals surface area (Å²) in [5.74, 6) is 0. The van der Waals surface area contributed by atoms with Crippen molar-refractivity contribution in [2.75, 3.05) is 0 Å². The Morgan fingerprint density at radius 2 is 1.00 bits per heavy atom. The van der Waals surface area contributed by atoms with Crippen molar-refractivity contribution in [3.63, 3.8) is 0 Å². The van der Waals surface area contributed by atoms with Crippen molar-refractivity contribution in [1.82, 2.24) is 9.97 Å². The van der Waals surface area contributed by atoms with Gasteiger partial charge in [0.05, 0.1) is 9.75 Å². The van der Waals surface area contributed by atoms with Crippen molar-refractivity contribution in [3.05, 3.63) is 35.0 Å². The maximum absolute atomic E-state index is 5.07. The lowest BCUT2D eigenvalue weighted by Gasteiger charge is -2.15. The molecule has 6 aromatic rings. The molecule has 8 heterocycles. The third kappa shape index (κ3) is 2.58. The summed E-state index contributed by atoms with van der Waals surface area (Å²) in [6, 6.07) is 9.59. The molecule has 0 spiro atoms. The minimum atomic E-state index is -1.56. The average molecular weight is 583 g/mol. The number of aromatic nitrogens is 2. The van der Waals surface area contributed by atoms with E-state index in [4.69, 9.17) is 9.97 Å². The monoisotopic (exact) mass is 582 g/mol. The predicted molar refractivity (Wildman–Crippen MR) is 162 cm³/mol. The number of thiophene rings is 4. The summed E-state index contributed by atoms with van der Waals surface area (Å²) in [6.45, 7) is 9.93. The van der Waals surface area contributed by atoms with Gasteiger partial charge in [-0.25, -0.2) is 9.97 Å². The molecule has 8 rings (SSSR count). The fourth-order valence-corrected chi connectivity index (χ4v) is 21.5. The summed E-state index contributed by atoms with van der Waals surface area (Å²) in [7, 11) is -3.12. The van der Waals surface area contributed by atoms with Gasteiger partial charge in [-0.05, 0) is 43.6 Å². The third-order valence-electron chi connectivity index (χ3n) is 7.30. The number of nitrogens with zero attached hydrogens (tertiary/aromatic N) is 2. The summed E-state index contributed by atoms with van der Waals surface area (Å²) in [5, 5.41) is 13.2. The van der Waals surface area contributed by atoms with Gasteiger partial charge in [0, 0.05) is 19.5 Å². The lowest BCUT2D eigenvalue weighted by Crippen LogP contribution is -2.48. The summed E-state index contributed by atoms with van der Waals surface area (Å²) < 4.78 is 0. The zero-order valence-electron chi connectivity index (χ0n) is 18.8. The van der Waals surface area contributed by atoms with Gasteiger partial charge in [-0.3, -0.25) is 0 Å². The average Bonchev–Trinajstić information content (AvgIpc) is 3.60. The first kappa shape index (κ1) is 20.9. The first-order valence-corrected chi connectivity index (χ1v) is 22.1. The molecule has 34 heavy (non-hydrogen) atoms. The highest BCUT2D eigenvalue weighted by Gasteiger charge is 2.41. The van der Waals surface area contributed by atoms with E-state index in [0.29, 0.717) is 0 Å². The molecule has 0 saturated heterocycles. The highest BCUT2D eigenvalue weighted by atomic mass is 32.1. The van der Waals surface area contributed by atoms with Gasteiger partial charge in [0.25, 0.3) is 0 Å². The summed E-state index contributed by atoms with van der Waals surface area (Å²) >= 11 is 11.2. The molecule has 2 nitrogen and oxygen atoms in total. The Balaban J connectivity index is 1.18. The topological polar surface area (TPSA) is 25.8 Å². The molecule has 168 valence electrons. The van der Waals surface area contributed by atoms with E-state index in [-0.39, 0.29) is 0 Å². The second-order valence-corrected chi connectivity index (χ2v) is 24.5. The van der Waals surface area contributed by atoms with Crippen molar-refractivity contribution in [3.8, 4) is 39.3 Å². The van der Waals surface area contributed by atoms with Crippen LogP contribution < -0.4 is 20.7 Å². The highest BCUT2D eigenvalue weighted by molar-refractivity contribution is 7.35. The number of thiazole rings is 2. The van der Waals surface area contributed by atoms with Gasteiger partial charge in [0.1, 0.15) is 26.2 Å². The van der Waals surface area contributed by atoms with E-state index in [2.05, 4.69) is 61.2 Å². The number of hydrogen-bond acceptors (Lipinski definition) is 8. The van der Waals surface area contributed by atoms with E-state index in [1.54, 1.807) is 43.4 Å².